The summed E-state index contributed by atoms with van der Waals surface area (Å²) in [6.07, 6.45) is 1.09. The van der Waals surface area contributed by atoms with Crippen LogP contribution in [0.1, 0.15) is 29.3 Å². The van der Waals surface area contributed by atoms with E-state index >= 15 is 0 Å². The van der Waals surface area contributed by atoms with E-state index in [0.717, 1.165) is 36.3 Å². The summed E-state index contributed by atoms with van der Waals surface area (Å²) in [7, 11) is 4.01. The van der Waals surface area contributed by atoms with Crippen molar-refractivity contribution in [3.63, 3.8) is 0 Å². The van der Waals surface area contributed by atoms with Crippen LogP contribution in [0.2, 0.25) is 0 Å². The maximum absolute atomic E-state index is 4.62. The molecule has 0 saturated heterocycles. The Morgan fingerprint density at radius 1 is 1.22 bits per heavy atom. The molecule has 0 aromatic carbocycles. The van der Waals surface area contributed by atoms with Gasteiger partial charge in [-0.15, -0.1) is 22.7 Å². The van der Waals surface area contributed by atoms with Crippen LogP contribution in [0.4, 0.5) is 5.13 Å². The van der Waals surface area contributed by atoms with E-state index in [2.05, 4.69) is 52.0 Å². The van der Waals surface area contributed by atoms with Gasteiger partial charge in [0.2, 0.25) is 0 Å². The summed E-state index contributed by atoms with van der Waals surface area (Å²) < 4.78 is 0. The van der Waals surface area contributed by atoms with Gasteiger partial charge in [0.05, 0.1) is 18.8 Å². The number of aryl methyl sites for hydroxylation is 1. The van der Waals surface area contributed by atoms with E-state index < -0.39 is 0 Å². The van der Waals surface area contributed by atoms with Crippen LogP contribution in [-0.4, -0.2) is 31.6 Å². The van der Waals surface area contributed by atoms with Crippen molar-refractivity contribution in [2.45, 2.75) is 33.4 Å². The minimum atomic E-state index is 0.588. The van der Waals surface area contributed by atoms with E-state index in [1.165, 1.54) is 9.75 Å². The van der Waals surface area contributed by atoms with Gasteiger partial charge in [-0.25, -0.2) is 9.98 Å². The highest BCUT2D eigenvalue weighted by Crippen LogP contribution is 2.18. The lowest BCUT2D eigenvalue weighted by Gasteiger charge is -2.10. The molecule has 2 heterocycles. The van der Waals surface area contributed by atoms with Crippen LogP contribution in [0.25, 0.3) is 0 Å². The molecule has 2 rings (SSSR count). The standard InChI is InChI=1S/C16H25N5S2/c1-5-13-7-8-14(23-13)10-19-15(17-6-2)18-9-12-11-22-16(20-12)21(3)4/h7-8,11H,5-6,9-10H2,1-4H3,(H2,17,18,19). The molecule has 126 valence electrons. The van der Waals surface area contributed by atoms with E-state index in [-0.39, 0.29) is 0 Å². The van der Waals surface area contributed by atoms with Crippen LogP contribution in [-0.2, 0) is 19.5 Å². The number of aliphatic imine (C=N–C) groups is 1. The van der Waals surface area contributed by atoms with Crippen LogP contribution in [0.15, 0.2) is 22.5 Å². The fourth-order valence-corrected chi connectivity index (χ4v) is 3.60. The molecule has 23 heavy (non-hydrogen) atoms. The Balaban J connectivity index is 1.93. The molecule has 7 heteroatoms. The topological polar surface area (TPSA) is 52.6 Å². The number of nitrogens with zero attached hydrogens (tertiary/aromatic N) is 3. The van der Waals surface area contributed by atoms with Crippen molar-refractivity contribution in [3.8, 4) is 0 Å². The second-order valence-corrected chi connectivity index (χ2v) is 7.38. The Hall–Kier alpha value is -1.60. The van der Waals surface area contributed by atoms with Crippen molar-refractivity contribution < 1.29 is 0 Å². The van der Waals surface area contributed by atoms with Gasteiger partial charge < -0.3 is 15.5 Å². The fourth-order valence-electron chi connectivity index (χ4n) is 1.95. The molecule has 0 fully saturated rings. The van der Waals surface area contributed by atoms with Crippen LogP contribution in [0, 0.1) is 0 Å². The summed E-state index contributed by atoms with van der Waals surface area (Å²) in [5, 5.41) is 9.75. The van der Waals surface area contributed by atoms with Gasteiger partial charge in [-0.3, -0.25) is 0 Å². The molecular weight excluding hydrogens is 326 g/mol. The van der Waals surface area contributed by atoms with E-state index in [4.69, 9.17) is 0 Å². The van der Waals surface area contributed by atoms with Crippen molar-refractivity contribution in [3.05, 3.63) is 33.0 Å². The van der Waals surface area contributed by atoms with Crippen molar-refractivity contribution >= 4 is 33.8 Å². The lowest BCUT2D eigenvalue weighted by atomic mass is 10.4. The van der Waals surface area contributed by atoms with Gasteiger partial charge >= 0.3 is 0 Å². The molecule has 0 unspecified atom stereocenters. The van der Waals surface area contributed by atoms with E-state index in [0.29, 0.717) is 6.54 Å². The van der Waals surface area contributed by atoms with Crippen molar-refractivity contribution in [2.24, 2.45) is 4.99 Å². The third-order valence-electron chi connectivity index (χ3n) is 3.16. The smallest absolute Gasteiger partial charge is 0.191 e. The second-order valence-electron chi connectivity index (χ2n) is 5.29. The predicted molar refractivity (Wildman–Crippen MR) is 102 cm³/mol. The molecule has 0 bridgehead atoms. The minimum Gasteiger partial charge on any atom is -0.357 e. The van der Waals surface area contributed by atoms with Crippen LogP contribution < -0.4 is 15.5 Å². The van der Waals surface area contributed by atoms with Gasteiger partial charge in [0.25, 0.3) is 0 Å². The molecule has 0 aliphatic heterocycles. The fraction of sp³-hybridized carbons (Fsp3) is 0.500. The third kappa shape index (κ3) is 5.51. The molecular formula is C16H25N5S2. The lowest BCUT2D eigenvalue weighted by molar-refractivity contribution is 0.820. The molecule has 0 spiro atoms. The molecule has 2 aromatic rings. The van der Waals surface area contributed by atoms with Crippen LogP contribution in [0.5, 0.6) is 0 Å². The number of hydrogen-bond acceptors (Lipinski definition) is 5. The van der Waals surface area contributed by atoms with Crippen LogP contribution >= 0.6 is 22.7 Å². The first kappa shape index (κ1) is 17.7. The van der Waals surface area contributed by atoms with Gasteiger partial charge in [-0.05, 0) is 25.5 Å². The van der Waals surface area contributed by atoms with E-state index in [1.54, 1.807) is 11.3 Å². The average molecular weight is 352 g/mol. The number of aromatic nitrogens is 1. The van der Waals surface area contributed by atoms with Crippen molar-refractivity contribution in [1.82, 2.24) is 15.6 Å². The predicted octanol–water partition coefficient (Wildman–Crippen LogP) is 3.09. The van der Waals surface area contributed by atoms with Crippen LogP contribution in [0.3, 0.4) is 0 Å². The first-order valence-electron chi connectivity index (χ1n) is 7.83. The van der Waals surface area contributed by atoms with E-state index in [9.17, 15) is 0 Å². The van der Waals surface area contributed by atoms with Gasteiger partial charge in [0.1, 0.15) is 0 Å². The molecule has 0 aliphatic carbocycles. The molecule has 0 aliphatic rings. The number of nitrogens with one attached hydrogen (secondary N) is 2. The Labute approximate surface area is 146 Å². The maximum atomic E-state index is 4.62. The summed E-state index contributed by atoms with van der Waals surface area (Å²) in [5.74, 6) is 0.832. The normalized spacial score (nSPS) is 11.6. The lowest BCUT2D eigenvalue weighted by Crippen LogP contribution is -2.36. The molecule has 0 radical (unpaired) electrons. The second kappa shape index (κ2) is 8.88. The molecule has 2 N–H and O–H groups in total. The van der Waals surface area contributed by atoms with Crippen molar-refractivity contribution in [2.75, 3.05) is 25.5 Å². The zero-order chi connectivity index (χ0) is 16.7. The zero-order valence-corrected chi connectivity index (χ0v) is 15.9. The first-order chi connectivity index (χ1) is 11.1. The maximum Gasteiger partial charge on any atom is 0.191 e. The third-order valence-corrected chi connectivity index (χ3v) is 5.45. The number of thiazole rings is 1. The number of rotatable bonds is 7. The van der Waals surface area contributed by atoms with Crippen molar-refractivity contribution in [1.29, 1.82) is 0 Å². The Bertz CT molecular complexity index is 630. The Morgan fingerprint density at radius 2 is 2.00 bits per heavy atom. The van der Waals surface area contributed by atoms with E-state index in [1.807, 2.05) is 30.3 Å². The quantitative estimate of drug-likeness (QED) is 0.594. The largest absolute Gasteiger partial charge is 0.357 e. The number of guanidine groups is 1. The molecule has 0 amide bonds. The minimum absolute atomic E-state index is 0.588. The summed E-state index contributed by atoms with van der Waals surface area (Å²) in [6.45, 7) is 6.49. The Kier molecular flexibility index (Phi) is 6.85. The SMILES string of the molecule is CCNC(=NCc1csc(N(C)C)n1)NCc1ccc(CC)s1. The highest BCUT2D eigenvalue weighted by atomic mass is 32.1. The summed E-state index contributed by atoms with van der Waals surface area (Å²) >= 11 is 3.50. The van der Waals surface area contributed by atoms with Gasteiger partial charge in [-0.2, -0.15) is 0 Å². The number of anilines is 1. The van der Waals surface area contributed by atoms with Gasteiger partial charge in [0.15, 0.2) is 11.1 Å². The molecule has 2 aromatic heterocycles. The summed E-state index contributed by atoms with van der Waals surface area (Å²) in [5.41, 5.74) is 1.00. The monoisotopic (exact) mass is 351 g/mol. The summed E-state index contributed by atoms with van der Waals surface area (Å²) in [4.78, 5) is 13.9. The zero-order valence-electron chi connectivity index (χ0n) is 14.2. The molecule has 5 nitrogen and oxygen atoms in total. The highest BCUT2D eigenvalue weighted by Gasteiger charge is 2.05. The highest BCUT2D eigenvalue weighted by molar-refractivity contribution is 7.13. The molecule has 0 atom stereocenters. The summed E-state index contributed by atoms with van der Waals surface area (Å²) in [6, 6.07) is 4.38. The van der Waals surface area contributed by atoms with Gasteiger partial charge in [-0.1, -0.05) is 6.92 Å². The Morgan fingerprint density at radius 3 is 2.61 bits per heavy atom. The molecule has 0 saturated carbocycles. The first-order valence-corrected chi connectivity index (χ1v) is 9.53. The number of thiophene rings is 1. The number of hydrogen-bond donors (Lipinski definition) is 2. The average Bonchev–Trinajstić information content (AvgIpc) is 3.19. The van der Waals surface area contributed by atoms with Gasteiger partial charge in [0, 0.05) is 35.8 Å².